The molecule has 11 heteroatoms. The highest BCUT2D eigenvalue weighted by molar-refractivity contribution is 7.09. The lowest BCUT2D eigenvalue weighted by Crippen LogP contribution is -2.52. The number of fused-ring (bicyclic) bond motifs is 1. The normalized spacial score (nSPS) is 17.7. The highest BCUT2D eigenvalue weighted by Gasteiger charge is 2.65. The molecule has 1 aliphatic heterocycles. The van der Waals surface area contributed by atoms with Crippen LogP contribution in [0.4, 0.5) is 22.4 Å². The van der Waals surface area contributed by atoms with Gasteiger partial charge in [-0.15, -0.1) is 11.3 Å². The molecule has 1 aromatic carbocycles. The Morgan fingerprint density at radius 2 is 1.77 bits per heavy atom. The number of nitrogens with zero attached hydrogens (tertiary/aromatic N) is 2. The first kappa shape index (κ1) is 22.1. The summed E-state index contributed by atoms with van der Waals surface area (Å²) in [7, 11) is 0. The Labute approximate surface area is 174 Å². The number of ether oxygens (including phenoxy) is 2. The van der Waals surface area contributed by atoms with Gasteiger partial charge in [-0.2, -0.15) is 22.6 Å². The standard InChI is InChI=1S/C19H21F4N3O3S/c1-5-17(4,6-2)25-15(27)24-16-26(10-11(3)30-16)12-7-8-13-14(9-12)29-19(22,23)18(20,21)28-13/h7-10H,5-6H2,1-4H3,(H,25,27). The summed E-state index contributed by atoms with van der Waals surface area (Å²) in [6.07, 6.45) is -6.51. The van der Waals surface area contributed by atoms with Gasteiger partial charge in [-0.25, -0.2) is 4.79 Å². The maximum absolute atomic E-state index is 13.5. The molecule has 1 aliphatic rings. The fourth-order valence-corrected chi connectivity index (χ4v) is 3.55. The van der Waals surface area contributed by atoms with Crippen LogP contribution in [0.2, 0.25) is 0 Å². The highest BCUT2D eigenvalue weighted by atomic mass is 32.1. The minimum atomic E-state index is -4.81. The number of carbonyl (C=O) groups is 1. The fraction of sp³-hybridized carbons (Fsp3) is 0.474. The van der Waals surface area contributed by atoms with Crippen LogP contribution in [0.5, 0.6) is 11.5 Å². The van der Waals surface area contributed by atoms with Gasteiger partial charge in [0.1, 0.15) is 0 Å². The molecule has 0 saturated heterocycles. The van der Waals surface area contributed by atoms with Gasteiger partial charge < -0.3 is 14.8 Å². The van der Waals surface area contributed by atoms with Crippen LogP contribution in [0.15, 0.2) is 29.4 Å². The van der Waals surface area contributed by atoms with Gasteiger partial charge >= 0.3 is 18.2 Å². The Bertz CT molecular complexity index is 1030. The molecule has 1 aromatic heterocycles. The first-order valence-electron chi connectivity index (χ1n) is 9.24. The average Bonchev–Trinajstić information content (AvgIpc) is 3.01. The summed E-state index contributed by atoms with van der Waals surface area (Å²) in [6.45, 7) is 7.60. The number of aryl methyl sites for hydroxylation is 1. The van der Waals surface area contributed by atoms with E-state index >= 15 is 0 Å². The molecule has 0 fully saturated rings. The number of urea groups is 1. The van der Waals surface area contributed by atoms with E-state index in [1.165, 1.54) is 22.0 Å². The van der Waals surface area contributed by atoms with E-state index in [1.54, 1.807) is 13.1 Å². The number of hydrogen-bond acceptors (Lipinski definition) is 4. The Morgan fingerprint density at radius 1 is 1.17 bits per heavy atom. The van der Waals surface area contributed by atoms with Gasteiger partial charge in [0.25, 0.3) is 0 Å². The van der Waals surface area contributed by atoms with Crippen LogP contribution in [0, 0.1) is 6.92 Å². The maximum Gasteiger partial charge on any atom is 0.507 e. The molecule has 0 unspecified atom stereocenters. The van der Waals surface area contributed by atoms with E-state index in [0.29, 0.717) is 5.69 Å². The lowest BCUT2D eigenvalue weighted by atomic mass is 9.96. The van der Waals surface area contributed by atoms with Crippen LogP contribution in [0.3, 0.4) is 0 Å². The molecular weight excluding hydrogens is 426 g/mol. The minimum absolute atomic E-state index is 0.285. The Balaban J connectivity index is 1.98. The van der Waals surface area contributed by atoms with Gasteiger partial charge in [-0.05, 0) is 38.8 Å². The predicted octanol–water partition coefficient (Wildman–Crippen LogP) is 4.99. The minimum Gasteiger partial charge on any atom is -0.421 e. The molecule has 2 aromatic rings. The van der Waals surface area contributed by atoms with Crippen molar-refractivity contribution < 1.29 is 31.8 Å². The second-order valence-corrected chi connectivity index (χ2v) is 8.39. The summed E-state index contributed by atoms with van der Waals surface area (Å²) in [4.78, 5) is 17.6. The zero-order valence-corrected chi connectivity index (χ0v) is 17.6. The third-order valence-corrected chi connectivity index (χ3v) is 5.85. The van der Waals surface area contributed by atoms with Crippen LogP contribution in [-0.2, 0) is 0 Å². The van der Waals surface area contributed by atoms with Gasteiger partial charge in [0.2, 0.25) is 0 Å². The number of amides is 2. The van der Waals surface area contributed by atoms with E-state index in [-0.39, 0.29) is 4.80 Å². The number of hydrogen-bond donors (Lipinski definition) is 1. The van der Waals surface area contributed by atoms with Crippen molar-refractivity contribution in [2.24, 2.45) is 4.99 Å². The summed E-state index contributed by atoms with van der Waals surface area (Å²) < 4.78 is 63.4. The monoisotopic (exact) mass is 447 g/mol. The van der Waals surface area contributed by atoms with Gasteiger partial charge in [-0.3, -0.25) is 4.57 Å². The van der Waals surface area contributed by atoms with Crippen molar-refractivity contribution in [2.45, 2.75) is 58.3 Å². The van der Waals surface area contributed by atoms with E-state index < -0.39 is 35.3 Å². The Kier molecular flexibility index (Phi) is 5.61. The van der Waals surface area contributed by atoms with Crippen molar-refractivity contribution in [2.75, 3.05) is 0 Å². The van der Waals surface area contributed by atoms with Crippen molar-refractivity contribution in [1.82, 2.24) is 9.88 Å². The number of nitrogens with one attached hydrogen (secondary N) is 1. The Morgan fingerprint density at radius 3 is 2.37 bits per heavy atom. The van der Waals surface area contributed by atoms with E-state index in [4.69, 9.17) is 0 Å². The second-order valence-electron chi connectivity index (χ2n) is 7.17. The largest absolute Gasteiger partial charge is 0.507 e. The van der Waals surface area contributed by atoms with Gasteiger partial charge in [0.05, 0.1) is 5.69 Å². The number of carbonyl (C=O) groups excluding carboxylic acids is 1. The molecule has 30 heavy (non-hydrogen) atoms. The number of halogens is 4. The summed E-state index contributed by atoms with van der Waals surface area (Å²) in [5.41, 5.74) is -0.117. The van der Waals surface area contributed by atoms with E-state index in [2.05, 4.69) is 19.8 Å². The van der Waals surface area contributed by atoms with Crippen molar-refractivity contribution in [1.29, 1.82) is 0 Å². The lowest BCUT2D eigenvalue weighted by molar-refractivity contribution is -0.391. The molecule has 0 bridgehead atoms. The molecule has 6 nitrogen and oxygen atoms in total. The predicted molar refractivity (Wildman–Crippen MR) is 103 cm³/mol. The molecule has 0 aliphatic carbocycles. The molecule has 0 saturated carbocycles. The second kappa shape index (κ2) is 7.60. The van der Waals surface area contributed by atoms with E-state index in [0.717, 1.165) is 29.9 Å². The zero-order valence-electron chi connectivity index (χ0n) is 16.8. The topological polar surface area (TPSA) is 64.9 Å². The summed E-state index contributed by atoms with van der Waals surface area (Å²) in [5, 5.41) is 2.86. The SMILES string of the molecule is CCC(C)(CC)NC(=O)N=c1sc(C)cn1-c1ccc2c(c1)OC(F)(F)C(F)(F)O2. The van der Waals surface area contributed by atoms with Crippen molar-refractivity contribution in [3.05, 3.63) is 34.1 Å². The molecular formula is C19H21F4N3O3S. The fourth-order valence-electron chi connectivity index (χ4n) is 2.72. The zero-order chi connectivity index (χ0) is 22.3. The third-order valence-electron chi connectivity index (χ3n) is 4.96. The number of aromatic nitrogens is 1. The first-order chi connectivity index (χ1) is 13.9. The molecule has 3 rings (SSSR count). The molecule has 0 spiro atoms. The van der Waals surface area contributed by atoms with Gasteiger partial charge in [0.15, 0.2) is 16.3 Å². The third kappa shape index (κ3) is 4.16. The van der Waals surface area contributed by atoms with E-state index in [1.807, 2.05) is 20.8 Å². The quantitative estimate of drug-likeness (QED) is 0.672. The van der Waals surface area contributed by atoms with E-state index in [9.17, 15) is 22.4 Å². The molecule has 164 valence electrons. The smallest absolute Gasteiger partial charge is 0.421 e. The lowest BCUT2D eigenvalue weighted by Gasteiger charge is -2.31. The molecule has 2 amide bonds. The van der Waals surface area contributed by atoms with Crippen LogP contribution < -0.4 is 19.6 Å². The number of rotatable bonds is 4. The van der Waals surface area contributed by atoms with Crippen LogP contribution >= 0.6 is 11.3 Å². The summed E-state index contributed by atoms with van der Waals surface area (Å²) >= 11 is 1.21. The summed E-state index contributed by atoms with van der Waals surface area (Å²) in [6, 6.07) is 3.07. The van der Waals surface area contributed by atoms with Gasteiger partial charge in [0, 0.05) is 22.7 Å². The van der Waals surface area contributed by atoms with Crippen molar-refractivity contribution >= 4 is 17.4 Å². The Hall–Kier alpha value is -2.56. The van der Waals surface area contributed by atoms with Crippen LogP contribution in [-0.4, -0.2) is 28.4 Å². The molecule has 1 N–H and O–H groups in total. The maximum atomic E-state index is 13.5. The van der Waals surface area contributed by atoms with Gasteiger partial charge in [-0.1, -0.05) is 13.8 Å². The number of thiazole rings is 1. The van der Waals surface area contributed by atoms with Crippen LogP contribution in [0.1, 0.15) is 38.5 Å². The first-order valence-corrected chi connectivity index (χ1v) is 10.1. The highest BCUT2D eigenvalue weighted by Crippen LogP contribution is 2.47. The molecule has 2 heterocycles. The average molecular weight is 447 g/mol. The van der Waals surface area contributed by atoms with Crippen LogP contribution in [0.25, 0.3) is 5.69 Å². The number of benzene rings is 1. The molecule has 0 atom stereocenters. The number of alkyl halides is 4. The molecule has 0 radical (unpaired) electrons. The van der Waals surface area contributed by atoms with Crippen molar-refractivity contribution in [3.63, 3.8) is 0 Å². The summed E-state index contributed by atoms with van der Waals surface area (Å²) in [5.74, 6) is -1.06. The van der Waals surface area contributed by atoms with Crippen molar-refractivity contribution in [3.8, 4) is 17.2 Å².